The first kappa shape index (κ1) is 31.4. The molecule has 0 radical (unpaired) electrons. The van der Waals surface area contributed by atoms with E-state index in [2.05, 4.69) is 9.88 Å². The smallest absolute Gasteiger partial charge is 0.280 e. The molecule has 1 amide bonds. The van der Waals surface area contributed by atoms with Gasteiger partial charge in [-0.1, -0.05) is 48.5 Å². The van der Waals surface area contributed by atoms with Crippen molar-refractivity contribution in [3.8, 4) is 11.6 Å². The highest BCUT2D eigenvalue weighted by Crippen LogP contribution is 2.36. The topological polar surface area (TPSA) is 114 Å². The molecule has 9 nitrogen and oxygen atoms in total. The van der Waals surface area contributed by atoms with Crippen LogP contribution in [0.2, 0.25) is 0 Å². The molecule has 0 spiro atoms. The molecule has 240 valence electrons. The van der Waals surface area contributed by atoms with Gasteiger partial charge in [-0.3, -0.25) is 19.1 Å². The number of aliphatic hydroxyl groups is 1. The number of halogens is 2. The lowest BCUT2D eigenvalue weighted by molar-refractivity contribution is -0.142. The van der Waals surface area contributed by atoms with Gasteiger partial charge in [0.2, 0.25) is 11.8 Å². The fourth-order valence-electron chi connectivity index (χ4n) is 6.52. The first-order valence-electron chi connectivity index (χ1n) is 15.5. The van der Waals surface area contributed by atoms with Gasteiger partial charge in [0.25, 0.3) is 5.56 Å². The summed E-state index contributed by atoms with van der Waals surface area (Å²) >= 11 is 0. The molecule has 4 aromatic rings. The van der Waals surface area contributed by atoms with E-state index in [4.69, 9.17) is 10.5 Å². The second-order valence-electron chi connectivity index (χ2n) is 12.2. The lowest BCUT2D eigenvalue weighted by Gasteiger charge is -2.43. The predicted octanol–water partition coefficient (Wildman–Crippen LogP) is 4.56. The van der Waals surface area contributed by atoms with Crippen molar-refractivity contribution in [3.63, 3.8) is 0 Å². The minimum Gasteiger partial charge on any atom is -0.437 e. The van der Waals surface area contributed by atoms with Crippen LogP contribution >= 0.6 is 0 Å². The minimum absolute atomic E-state index is 0.0387. The summed E-state index contributed by atoms with van der Waals surface area (Å²) < 4.78 is 34.4. The average molecular weight is 630 g/mol. The van der Waals surface area contributed by atoms with Crippen molar-refractivity contribution < 1.29 is 23.4 Å². The van der Waals surface area contributed by atoms with Crippen molar-refractivity contribution in [1.82, 2.24) is 19.4 Å². The summed E-state index contributed by atoms with van der Waals surface area (Å²) in [6, 6.07) is 22.0. The quantitative estimate of drug-likeness (QED) is 0.294. The second-order valence-corrected chi connectivity index (χ2v) is 12.2. The number of amides is 1. The molecule has 2 aliphatic rings. The maximum absolute atomic E-state index is 14.4. The number of piperidine rings is 2. The van der Waals surface area contributed by atoms with Crippen molar-refractivity contribution in [2.75, 3.05) is 31.9 Å². The SMILES string of the molecule is Nc1c(Oc2ccc(F)cc2)ncn(CC2(O)CCN(C(=O)[C@@H]3CCN(Cc4ccccc4F)C[C@H]3c3ccccc3)CC2)c1=O. The van der Waals surface area contributed by atoms with Crippen LogP contribution in [0.15, 0.2) is 90.0 Å². The molecule has 46 heavy (non-hydrogen) atoms. The Balaban J connectivity index is 1.10. The summed E-state index contributed by atoms with van der Waals surface area (Å²) in [6.07, 6.45) is 2.47. The van der Waals surface area contributed by atoms with Gasteiger partial charge in [-0.15, -0.1) is 0 Å². The van der Waals surface area contributed by atoms with Gasteiger partial charge in [0.1, 0.15) is 23.7 Å². The zero-order chi connectivity index (χ0) is 32.3. The third-order valence-corrected chi connectivity index (χ3v) is 9.13. The zero-order valence-corrected chi connectivity index (χ0v) is 25.4. The van der Waals surface area contributed by atoms with Crippen molar-refractivity contribution in [2.24, 2.45) is 5.92 Å². The normalized spacial score (nSPS) is 19.9. The van der Waals surface area contributed by atoms with Gasteiger partial charge in [-0.2, -0.15) is 0 Å². The average Bonchev–Trinajstić information content (AvgIpc) is 3.07. The zero-order valence-electron chi connectivity index (χ0n) is 25.4. The maximum atomic E-state index is 14.4. The summed E-state index contributed by atoms with van der Waals surface area (Å²) in [5.74, 6) is -0.738. The Morgan fingerprint density at radius 1 is 0.978 bits per heavy atom. The Bertz CT molecular complexity index is 1730. The van der Waals surface area contributed by atoms with E-state index in [9.17, 15) is 23.5 Å². The van der Waals surface area contributed by atoms with E-state index < -0.39 is 17.0 Å². The van der Waals surface area contributed by atoms with Gasteiger partial charge in [-0.25, -0.2) is 13.8 Å². The number of rotatable bonds is 8. The summed E-state index contributed by atoms with van der Waals surface area (Å²) in [4.78, 5) is 35.2. The molecule has 1 aromatic heterocycles. The van der Waals surface area contributed by atoms with Crippen LogP contribution in [0.1, 0.15) is 36.3 Å². The van der Waals surface area contributed by atoms with E-state index in [1.807, 2.05) is 41.3 Å². The van der Waals surface area contributed by atoms with Crippen LogP contribution in [0.3, 0.4) is 0 Å². The number of likely N-dealkylation sites (tertiary alicyclic amines) is 2. The molecular weight excluding hydrogens is 592 g/mol. The lowest BCUT2D eigenvalue weighted by Crippen LogP contribution is -2.53. The fourth-order valence-corrected chi connectivity index (χ4v) is 6.52. The number of hydrogen-bond acceptors (Lipinski definition) is 7. The minimum atomic E-state index is -1.24. The van der Waals surface area contributed by atoms with E-state index in [-0.39, 0.29) is 60.3 Å². The van der Waals surface area contributed by atoms with Crippen molar-refractivity contribution in [1.29, 1.82) is 0 Å². The first-order chi connectivity index (χ1) is 22.2. The summed E-state index contributed by atoms with van der Waals surface area (Å²) in [5, 5.41) is 11.4. The number of benzene rings is 3. The van der Waals surface area contributed by atoms with E-state index >= 15 is 0 Å². The third kappa shape index (κ3) is 6.95. The Labute approximate surface area is 265 Å². The van der Waals surface area contributed by atoms with E-state index in [1.165, 1.54) is 41.2 Å². The Hall–Kier alpha value is -4.61. The van der Waals surface area contributed by atoms with Crippen molar-refractivity contribution in [3.05, 3.63) is 118 Å². The van der Waals surface area contributed by atoms with E-state index in [1.54, 1.807) is 12.1 Å². The molecule has 11 heteroatoms. The molecule has 2 saturated heterocycles. The molecule has 2 aliphatic heterocycles. The summed E-state index contributed by atoms with van der Waals surface area (Å²) in [5.41, 5.74) is 5.71. The Morgan fingerprint density at radius 2 is 1.67 bits per heavy atom. The van der Waals surface area contributed by atoms with Gasteiger partial charge in [0.15, 0.2) is 5.69 Å². The highest BCUT2D eigenvalue weighted by atomic mass is 19.1. The van der Waals surface area contributed by atoms with Crippen LogP contribution in [0.4, 0.5) is 14.5 Å². The number of aromatic nitrogens is 2. The number of nitrogens with two attached hydrogens (primary N) is 1. The molecule has 3 N–H and O–H groups in total. The summed E-state index contributed by atoms with van der Waals surface area (Å²) in [6.45, 7) is 2.43. The van der Waals surface area contributed by atoms with Gasteiger partial charge in [0, 0.05) is 43.6 Å². The molecule has 0 bridgehead atoms. The largest absolute Gasteiger partial charge is 0.437 e. The van der Waals surface area contributed by atoms with Gasteiger partial charge in [-0.05, 0) is 61.7 Å². The van der Waals surface area contributed by atoms with Crippen LogP contribution in [0, 0.1) is 17.6 Å². The molecule has 0 aliphatic carbocycles. The first-order valence-corrected chi connectivity index (χ1v) is 15.5. The number of hydrogen-bond donors (Lipinski definition) is 2. The maximum Gasteiger partial charge on any atom is 0.280 e. The van der Waals surface area contributed by atoms with Crippen LogP contribution in [-0.4, -0.2) is 62.1 Å². The fraction of sp³-hybridized carbons (Fsp3) is 0.343. The standard InChI is InChI=1S/C35H37F2N5O4/c36-26-10-12-27(13-11-26)46-32-31(38)34(44)42(23-39-32)22-35(45)15-18-41(19-16-35)33(43)28-14-17-40(20-25-8-4-5-9-30(25)37)21-29(28)24-6-2-1-3-7-24/h1-13,23,28-29,45H,14-22,38H2/t28-,29+/m1/s1. The number of nitrogen functional groups attached to an aromatic ring is 1. The number of anilines is 1. The van der Waals surface area contributed by atoms with Crippen LogP contribution in [0.25, 0.3) is 0 Å². The lowest BCUT2D eigenvalue weighted by atomic mass is 9.79. The van der Waals surface area contributed by atoms with Crippen LogP contribution in [0.5, 0.6) is 11.6 Å². The van der Waals surface area contributed by atoms with Crippen molar-refractivity contribution >= 4 is 11.6 Å². The van der Waals surface area contributed by atoms with E-state index in [0.717, 1.165) is 5.56 Å². The van der Waals surface area contributed by atoms with E-state index in [0.29, 0.717) is 44.7 Å². The molecule has 3 heterocycles. The highest BCUT2D eigenvalue weighted by molar-refractivity contribution is 5.80. The monoisotopic (exact) mass is 629 g/mol. The number of carbonyl (C=O) groups is 1. The van der Waals surface area contributed by atoms with Crippen LogP contribution < -0.4 is 16.0 Å². The molecule has 3 aromatic carbocycles. The molecule has 2 fully saturated rings. The molecule has 0 saturated carbocycles. The third-order valence-electron chi connectivity index (χ3n) is 9.13. The number of ether oxygens (including phenoxy) is 1. The Morgan fingerprint density at radius 3 is 2.39 bits per heavy atom. The number of nitrogens with zero attached hydrogens (tertiary/aromatic N) is 4. The number of carbonyl (C=O) groups excluding carboxylic acids is 1. The second kappa shape index (κ2) is 13.4. The molecule has 2 atom stereocenters. The molecule has 6 rings (SSSR count). The van der Waals surface area contributed by atoms with Gasteiger partial charge >= 0.3 is 0 Å². The van der Waals surface area contributed by atoms with Gasteiger partial charge in [0.05, 0.1) is 12.1 Å². The Kier molecular flexibility index (Phi) is 9.14. The predicted molar refractivity (Wildman–Crippen MR) is 169 cm³/mol. The van der Waals surface area contributed by atoms with Gasteiger partial charge < -0.3 is 20.5 Å². The summed E-state index contributed by atoms with van der Waals surface area (Å²) in [7, 11) is 0. The van der Waals surface area contributed by atoms with Crippen molar-refractivity contribution in [2.45, 2.75) is 43.9 Å². The highest BCUT2D eigenvalue weighted by Gasteiger charge is 2.41. The molecule has 0 unspecified atom stereocenters. The van der Waals surface area contributed by atoms with Crippen LogP contribution in [-0.2, 0) is 17.9 Å². The molecular formula is C35H37F2N5O4.